The molecule has 0 bridgehead atoms. The van der Waals surface area contributed by atoms with Gasteiger partial charge in [-0.25, -0.2) is 0 Å². The van der Waals surface area contributed by atoms with Gasteiger partial charge in [0.1, 0.15) is 0 Å². The summed E-state index contributed by atoms with van der Waals surface area (Å²) < 4.78 is 0. The van der Waals surface area contributed by atoms with Crippen molar-refractivity contribution < 1.29 is 0 Å². The number of rotatable bonds is 3. The van der Waals surface area contributed by atoms with Gasteiger partial charge in [-0.15, -0.1) is 24.0 Å². The summed E-state index contributed by atoms with van der Waals surface area (Å²) in [6, 6.07) is 0.552. The third-order valence-electron chi connectivity index (χ3n) is 0.807. The summed E-state index contributed by atoms with van der Waals surface area (Å²) in [5.41, 5.74) is 0. The van der Waals surface area contributed by atoms with E-state index in [9.17, 15) is 0 Å². The highest BCUT2D eigenvalue weighted by molar-refractivity contribution is 6.20. The van der Waals surface area contributed by atoms with Crippen LogP contribution in [-0.2, 0) is 0 Å². The van der Waals surface area contributed by atoms with Crippen LogP contribution in [0.2, 0.25) is 0 Å². The molecule has 0 saturated heterocycles. The van der Waals surface area contributed by atoms with Gasteiger partial charge in [0.2, 0.25) is 0 Å². The number of alkyl halides is 1. The molecular formula is C6H15Cl2N. The second-order valence-electron chi connectivity index (χ2n) is 2.34. The first kappa shape index (κ1) is 12.2. The Morgan fingerprint density at radius 1 is 1.33 bits per heavy atom. The van der Waals surface area contributed by atoms with Gasteiger partial charge in [-0.05, 0) is 6.92 Å². The maximum Gasteiger partial charge on any atom is 0.0432 e. The second-order valence-corrected chi connectivity index (χ2v) is 3.09. The van der Waals surface area contributed by atoms with Crippen molar-refractivity contribution in [2.75, 3.05) is 6.54 Å². The standard InChI is InChI=1S/C6H14ClN.ClH/c1-5(2)8-4-6(3)7;/h5-6,8H,4H2,1-3H3;1H. The lowest BCUT2D eigenvalue weighted by Crippen LogP contribution is -2.27. The highest BCUT2D eigenvalue weighted by Gasteiger charge is 1.95. The van der Waals surface area contributed by atoms with Crippen LogP contribution in [0.1, 0.15) is 20.8 Å². The predicted molar refractivity (Wildman–Crippen MR) is 45.7 cm³/mol. The van der Waals surface area contributed by atoms with Crippen molar-refractivity contribution in [3.05, 3.63) is 0 Å². The molecule has 0 aliphatic rings. The Hall–Kier alpha value is 0.540. The lowest BCUT2D eigenvalue weighted by molar-refractivity contribution is 0.587. The van der Waals surface area contributed by atoms with E-state index in [1.165, 1.54) is 0 Å². The average molecular weight is 172 g/mol. The van der Waals surface area contributed by atoms with E-state index in [0.717, 1.165) is 6.54 Å². The van der Waals surface area contributed by atoms with Crippen LogP contribution < -0.4 is 5.32 Å². The highest BCUT2D eigenvalue weighted by Crippen LogP contribution is 1.89. The van der Waals surface area contributed by atoms with Gasteiger partial charge in [0.15, 0.2) is 0 Å². The van der Waals surface area contributed by atoms with Crippen LogP contribution in [0.3, 0.4) is 0 Å². The number of hydrogen-bond acceptors (Lipinski definition) is 1. The van der Waals surface area contributed by atoms with Crippen LogP contribution in [-0.4, -0.2) is 18.0 Å². The maximum absolute atomic E-state index is 5.66. The van der Waals surface area contributed by atoms with Crippen molar-refractivity contribution in [1.29, 1.82) is 0 Å². The molecule has 0 heterocycles. The van der Waals surface area contributed by atoms with Crippen LogP contribution in [0.5, 0.6) is 0 Å². The summed E-state index contributed by atoms with van der Waals surface area (Å²) in [6.07, 6.45) is 0. The first-order valence-electron chi connectivity index (χ1n) is 3.00. The summed E-state index contributed by atoms with van der Waals surface area (Å²) >= 11 is 5.66. The van der Waals surface area contributed by atoms with Crippen LogP contribution >= 0.6 is 24.0 Å². The third kappa shape index (κ3) is 11.9. The fraction of sp³-hybridized carbons (Fsp3) is 1.00. The third-order valence-corrected chi connectivity index (χ3v) is 0.962. The molecule has 1 N–H and O–H groups in total. The molecule has 0 amide bonds. The average Bonchev–Trinajstić information content (AvgIpc) is 1.61. The molecule has 1 atom stereocenters. The molecule has 0 aliphatic carbocycles. The molecule has 0 saturated carbocycles. The molecule has 1 nitrogen and oxygen atoms in total. The number of hydrogen-bond donors (Lipinski definition) is 1. The van der Waals surface area contributed by atoms with Crippen molar-refractivity contribution in [3.63, 3.8) is 0 Å². The van der Waals surface area contributed by atoms with Crippen molar-refractivity contribution in [2.24, 2.45) is 0 Å². The largest absolute Gasteiger partial charge is 0.313 e. The van der Waals surface area contributed by atoms with E-state index in [4.69, 9.17) is 11.6 Å². The van der Waals surface area contributed by atoms with E-state index in [1.807, 2.05) is 6.92 Å². The maximum atomic E-state index is 5.66. The normalized spacial score (nSPS) is 13.0. The molecule has 0 aromatic carbocycles. The summed E-state index contributed by atoms with van der Waals surface area (Å²) in [5.74, 6) is 0. The smallest absolute Gasteiger partial charge is 0.0432 e. The number of halogens is 2. The molecule has 0 spiro atoms. The first-order valence-corrected chi connectivity index (χ1v) is 3.44. The molecule has 58 valence electrons. The minimum Gasteiger partial charge on any atom is -0.313 e. The van der Waals surface area contributed by atoms with Gasteiger partial charge in [0.05, 0.1) is 0 Å². The van der Waals surface area contributed by atoms with Crippen molar-refractivity contribution >= 4 is 24.0 Å². The lowest BCUT2D eigenvalue weighted by atomic mass is 10.4. The Kier molecular flexibility index (Phi) is 9.05. The van der Waals surface area contributed by atoms with E-state index < -0.39 is 0 Å². The van der Waals surface area contributed by atoms with E-state index in [1.54, 1.807) is 0 Å². The lowest BCUT2D eigenvalue weighted by Gasteiger charge is -2.07. The van der Waals surface area contributed by atoms with Gasteiger partial charge in [-0.3, -0.25) is 0 Å². The molecule has 0 fully saturated rings. The Morgan fingerprint density at radius 3 is 1.89 bits per heavy atom. The van der Waals surface area contributed by atoms with Crippen molar-refractivity contribution in [3.8, 4) is 0 Å². The van der Waals surface area contributed by atoms with Gasteiger partial charge in [0.25, 0.3) is 0 Å². The summed E-state index contributed by atoms with van der Waals surface area (Å²) in [4.78, 5) is 0. The fourth-order valence-electron chi connectivity index (χ4n) is 0.398. The van der Waals surface area contributed by atoms with Gasteiger partial charge in [-0.1, -0.05) is 13.8 Å². The number of nitrogens with one attached hydrogen (secondary N) is 1. The monoisotopic (exact) mass is 171 g/mol. The molecule has 3 heteroatoms. The SMILES string of the molecule is CC(Cl)CNC(C)C.Cl. The first-order chi connectivity index (χ1) is 3.63. The Labute approximate surface area is 68.6 Å². The zero-order valence-corrected chi connectivity index (χ0v) is 7.72. The van der Waals surface area contributed by atoms with Crippen LogP contribution in [0.25, 0.3) is 0 Å². The minimum atomic E-state index is 0. The molecule has 1 unspecified atom stereocenters. The molecule has 0 aromatic heterocycles. The zero-order valence-electron chi connectivity index (χ0n) is 6.15. The summed E-state index contributed by atoms with van der Waals surface area (Å²) in [6.45, 7) is 7.11. The summed E-state index contributed by atoms with van der Waals surface area (Å²) in [7, 11) is 0. The molecule has 0 aromatic rings. The summed E-state index contributed by atoms with van der Waals surface area (Å²) in [5, 5.41) is 3.46. The van der Waals surface area contributed by atoms with Crippen molar-refractivity contribution in [2.45, 2.75) is 32.2 Å². The zero-order chi connectivity index (χ0) is 6.57. The Bertz CT molecular complexity index is 47.0. The second kappa shape index (κ2) is 6.66. The Balaban J connectivity index is 0. The topological polar surface area (TPSA) is 12.0 Å². The molecule has 0 aliphatic heterocycles. The van der Waals surface area contributed by atoms with Crippen molar-refractivity contribution in [1.82, 2.24) is 5.32 Å². The van der Waals surface area contributed by atoms with Gasteiger partial charge in [0, 0.05) is 18.0 Å². The van der Waals surface area contributed by atoms with E-state index in [0.29, 0.717) is 6.04 Å². The van der Waals surface area contributed by atoms with Crippen LogP contribution in [0, 0.1) is 0 Å². The van der Waals surface area contributed by atoms with Crippen LogP contribution in [0.4, 0.5) is 0 Å². The quantitative estimate of drug-likeness (QED) is 0.642. The van der Waals surface area contributed by atoms with E-state index in [-0.39, 0.29) is 17.8 Å². The van der Waals surface area contributed by atoms with Crippen LogP contribution in [0.15, 0.2) is 0 Å². The van der Waals surface area contributed by atoms with E-state index in [2.05, 4.69) is 19.2 Å². The molecule has 0 rings (SSSR count). The predicted octanol–water partition coefficient (Wildman–Crippen LogP) is 2.03. The molecule has 9 heavy (non-hydrogen) atoms. The fourth-order valence-corrected chi connectivity index (χ4v) is 0.487. The van der Waals surface area contributed by atoms with Gasteiger partial charge >= 0.3 is 0 Å². The minimum absolute atomic E-state index is 0. The van der Waals surface area contributed by atoms with E-state index >= 15 is 0 Å². The Morgan fingerprint density at radius 2 is 1.78 bits per heavy atom. The molecular weight excluding hydrogens is 157 g/mol. The van der Waals surface area contributed by atoms with Gasteiger partial charge < -0.3 is 5.32 Å². The molecule has 0 radical (unpaired) electrons. The highest BCUT2D eigenvalue weighted by atomic mass is 35.5. The van der Waals surface area contributed by atoms with Gasteiger partial charge in [-0.2, -0.15) is 0 Å².